The van der Waals surface area contributed by atoms with Crippen LogP contribution in [0.2, 0.25) is 0 Å². The van der Waals surface area contributed by atoms with Gasteiger partial charge in [-0.25, -0.2) is 0 Å². The monoisotopic (exact) mass is 448 g/mol. The van der Waals surface area contributed by atoms with Crippen LogP contribution in [0.4, 0.5) is 0 Å². The van der Waals surface area contributed by atoms with Gasteiger partial charge in [0.25, 0.3) is 5.91 Å². The predicted octanol–water partition coefficient (Wildman–Crippen LogP) is 6.01. The molecule has 2 N–H and O–H groups in total. The molecule has 0 aliphatic heterocycles. The minimum Gasteiger partial charge on any atom is -0.396 e. The number of hydrogen-bond donors (Lipinski definition) is 2. The zero-order valence-electron chi connectivity index (χ0n) is 19.1. The molecule has 0 bridgehead atoms. The van der Waals surface area contributed by atoms with Gasteiger partial charge >= 0.3 is 0 Å². The molecule has 4 aromatic carbocycles. The van der Waals surface area contributed by atoms with Crippen LogP contribution in [0.1, 0.15) is 28.8 Å². The summed E-state index contributed by atoms with van der Waals surface area (Å²) in [4.78, 5) is 12.5. The van der Waals surface area contributed by atoms with Crippen molar-refractivity contribution >= 4 is 27.6 Å². The maximum absolute atomic E-state index is 12.5. The van der Waals surface area contributed by atoms with Crippen LogP contribution in [0.5, 0.6) is 0 Å². The lowest BCUT2D eigenvalue weighted by Crippen LogP contribution is -2.24. The summed E-state index contributed by atoms with van der Waals surface area (Å²) < 4.78 is 2.28. The van der Waals surface area contributed by atoms with E-state index in [-0.39, 0.29) is 12.5 Å². The van der Waals surface area contributed by atoms with Crippen LogP contribution in [-0.4, -0.2) is 28.7 Å². The van der Waals surface area contributed by atoms with Crippen LogP contribution in [0.25, 0.3) is 32.8 Å². The fraction of sp³-hybridized carbons (Fsp3) is 0.167. The van der Waals surface area contributed by atoms with Crippen molar-refractivity contribution in [3.8, 4) is 11.1 Å². The molecular formula is C30H28N2O2. The van der Waals surface area contributed by atoms with E-state index in [4.69, 9.17) is 5.11 Å². The Morgan fingerprint density at radius 3 is 2.50 bits per heavy atom. The lowest BCUT2D eigenvalue weighted by atomic mass is 10.0. The summed E-state index contributed by atoms with van der Waals surface area (Å²) in [7, 11) is 0. The van der Waals surface area contributed by atoms with Crippen LogP contribution < -0.4 is 5.32 Å². The molecule has 1 aromatic heterocycles. The molecule has 34 heavy (non-hydrogen) atoms. The number of aliphatic hydroxyl groups excluding tert-OH is 1. The molecule has 1 amide bonds. The Labute approximate surface area is 199 Å². The minimum atomic E-state index is -0.0811. The number of carbonyl (C=O) groups excluding carboxylic acids is 1. The highest BCUT2D eigenvalue weighted by atomic mass is 16.3. The average molecular weight is 449 g/mol. The SMILES string of the molecule is O=C(NCCCCO)c1cccc(-c2ccc3c(ccn3Cc3ccc4ccccc4c3)c2)c1. The van der Waals surface area contributed by atoms with Crippen molar-refractivity contribution in [3.63, 3.8) is 0 Å². The second kappa shape index (κ2) is 9.94. The van der Waals surface area contributed by atoms with E-state index in [0.717, 1.165) is 24.1 Å². The molecule has 0 saturated heterocycles. The van der Waals surface area contributed by atoms with E-state index in [9.17, 15) is 4.79 Å². The number of fused-ring (bicyclic) bond motifs is 2. The summed E-state index contributed by atoms with van der Waals surface area (Å²) >= 11 is 0. The van der Waals surface area contributed by atoms with E-state index in [1.54, 1.807) is 0 Å². The van der Waals surface area contributed by atoms with Crippen molar-refractivity contribution in [1.82, 2.24) is 9.88 Å². The van der Waals surface area contributed by atoms with Gasteiger partial charge in [0, 0.05) is 42.4 Å². The molecule has 1 heterocycles. The zero-order valence-corrected chi connectivity index (χ0v) is 19.1. The standard InChI is InChI=1S/C30H28N2O2/c33-17-4-3-15-31-30(34)28-9-5-8-25(20-28)26-12-13-29-27(19-26)14-16-32(29)21-22-10-11-23-6-1-2-7-24(23)18-22/h1-2,5-14,16,18-20,33H,3-4,15,17,21H2,(H,31,34). The van der Waals surface area contributed by atoms with Crippen LogP contribution in [0.3, 0.4) is 0 Å². The molecule has 170 valence electrons. The van der Waals surface area contributed by atoms with Gasteiger partial charge in [0.15, 0.2) is 0 Å². The van der Waals surface area contributed by atoms with Crippen molar-refractivity contribution in [2.75, 3.05) is 13.2 Å². The third kappa shape index (κ3) is 4.73. The molecule has 0 spiro atoms. The maximum atomic E-state index is 12.5. The fourth-order valence-corrected chi connectivity index (χ4v) is 4.43. The highest BCUT2D eigenvalue weighted by Gasteiger charge is 2.09. The van der Waals surface area contributed by atoms with Crippen molar-refractivity contribution < 1.29 is 9.90 Å². The predicted molar refractivity (Wildman–Crippen MR) is 139 cm³/mol. The highest BCUT2D eigenvalue weighted by Crippen LogP contribution is 2.27. The summed E-state index contributed by atoms with van der Waals surface area (Å²) in [6.07, 6.45) is 3.61. The smallest absolute Gasteiger partial charge is 0.251 e. The van der Waals surface area contributed by atoms with E-state index in [2.05, 4.69) is 82.8 Å². The normalized spacial score (nSPS) is 11.2. The van der Waals surface area contributed by atoms with Crippen molar-refractivity contribution in [2.45, 2.75) is 19.4 Å². The van der Waals surface area contributed by atoms with Crippen LogP contribution in [0.15, 0.2) is 97.2 Å². The van der Waals surface area contributed by atoms with Crippen LogP contribution in [0, 0.1) is 0 Å². The second-order valence-electron chi connectivity index (χ2n) is 8.67. The maximum Gasteiger partial charge on any atom is 0.251 e. The number of hydrogen-bond acceptors (Lipinski definition) is 2. The van der Waals surface area contributed by atoms with E-state index >= 15 is 0 Å². The van der Waals surface area contributed by atoms with Gasteiger partial charge in [-0.2, -0.15) is 0 Å². The number of unbranched alkanes of at least 4 members (excludes halogenated alkanes) is 1. The number of rotatable bonds is 8. The molecule has 0 aliphatic rings. The fourth-order valence-electron chi connectivity index (χ4n) is 4.43. The van der Waals surface area contributed by atoms with Gasteiger partial charge in [-0.3, -0.25) is 4.79 Å². The number of carbonyl (C=O) groups is 1. The van der Waals surface area contributed by atoms with Crippen LogP contribution >= 0.6 is 0 Å². The van der Waals surface area contributed by atoms with Gasteiger partial charge in [0.1, 0.15) is 0 Å². The summed E-state index contributed by atoms with van der Waals surface area (Å²) in [5, 5.41) is 15.5. The number of nitrogens with zero attached hydrogens (tertiary/aromatic N) is 1. The second-order valence-corrected chi connectivity index (χ2v) is 8.67. The average Bonchev–Trinajstić information content (AvgIpc) is 3.28. The zero-order chi connectivity index (χ0) is 23.3. The number of nitrogens with one attached hydrogen (secondary N) is 1. The van der Waals surface area contributed by atoms with Gasteiger partial charge in [-0.1, -0.05) is 54.6 Å². The first-order valence-electron chi connectivity index (χ1n) is 11.8. The van der Waals surface area contributed by atoms with Gasteiger partial charge in [0.2, 0.25) is 0 Å². The number of benzene rings is 4. The summed E-state index contributed by atoms with van der Waals surface area (Å²) in [5.41, 5.74) is 5.22. The molecule has 5 aromatic rings. The molecular weight excluding hydrogens is 420 g/mol. The van der Waals surface area contributed by atoms with Crippen molar-refractivity contribution in [2.24, 2.45) is 0 Å². The third-order valence-corrected chi connectivity index (χ3v) is 6.27. The Morgan fingerprint density at radius 1 is 0.765 bits per heavy atom. The largest absolute Gasteiger partial charge is 0.396 e. The first-order chi connectivity index (χ1) is 16.7. The molecule has 0 fully saturated rings. The van der Waals surface area contributed by atoms with Gasteiger partial charge in [-0.15, -0.1) is 0 Å². The molecule has 0 aliphatic carbocycles. The number of aliphatic hydroxyl groups is 1. The number of aromatic nitrogens is 1. The van der Waals surface area contributed by atoms with Crippen LogP contribution in [-0.2, 0) is 6.54 Å². The summed E-state index contributed by atoms with van der Waals surface area (Å²) in [6.45, 7) is 1.54. The van der Waals surface area contributed by atoms with E-state index in [1.165, 1.54) is 27.2 Å². The summed E-state index contributed by atoms with van der Waals surface area (Å²) in [5.74, 6) is -0.0811. The molecule has 5 rings (SSSR count). The van der Waals surface area contributed by atoms with Crippen molar-refractivity contribution in [3.05, 3.63) is 108 Å². The molecule has 4 heteroatoms. The van der Waals surface area contributed by atoms with Crippen molar-refractivity contribution in [1.29, 1.82) is 0 Å². The molecule has 4 nitrogen and oxygen atoms in total. The minimum absolute atomic E-state index is 0.0811. The first-order valence-corrected chi connectivity index (χ1v) is 11.8. The van der Waals surface area contributed by atoms with Gasteiger partial charge in [-0.05, 0) is 76.7 Å². The van der Waals surface area contributed by atoms with Gasteiger partial charge in [0.05, 0.1) is 0 Å². The lowest BCUT2D eigenvalue weighted by molar-refractivity contribution is 0.0952. The summed E-state index contributed by atoms with van der Waals surface area (Å²) in [6, 6.07) is 31.4. The molecule has 0 saturated carbocycles. The Hall–Kier alpha value is -3.89. The Morgan fingerprint density at radius 2 is 1.62 bits per heavy atom. The molecule has 0 atom stereocenters. The van der Waals surface area contributed by atoms with E-state index in [1.807, 2.05) is 24.3 Å². The topological polar surface area (TPSA) is 54.3 Å². The molecule has 0 radical (unpaired) electrons. The highest BCUT2D eigenvalue weighted by molar-refractivity contribution is 5.96. The Balaban J connectivity index is 1.35. The van der Waals surface area contributed by atoms with E-state index < -0.39 is 0 Å². The Bertz CT molecular complexity index is 1450. The third-order valence-electron chi connectivity index (χ3n) is 6.27. The Kier molecular flexibility index (Phi) is 6.41. The van der Waals surface area contributed by atoms with E-state index in [0.29, 0.717) is 18.5 Å². The quantitative estimate of drug-likeness (QED) is 0.286. The first kappa shape index (κ1) is 21.9. The van der Waals surface area contributed by atoms with Gasteiger partial charge < -0.3 is 15.0 Å². The lowest BCUT2D eigenvalue weighted by Gasteiger charge is -2.09. The number of amides is 1. The molecule has 0 unspecified atom stereocenters.